The highest BCUT2D eigenvalue weighted by atomic mass is 35.5. The van der Waals surface area contributed by atoms with Crippen molar-refractivity contribution in [3.63, 3.8) is 0 Å². The van der Waals surface area contributed by atoms with Crippen LogP contribution in [0.4, 0.5) is 29.2 Å². The Balaban J connectivity index is 1.47. The lowest BCUT2D eigenvalue weighted by molar-refractivity contribution is -0.175. The molecule has 3 aromatic rings. The predicted molar refractivity (Wildman–Crippen MR) is 116 cm³/mol. The van der Waals surface area contributed by atoms with Gasteiger partial charge < -0.3 is 20.8 Å². The van der Waals surface area contributed by atoms with Crippen molar-refractivity contribution in [1.82, 2.24) is 19.9 Å². The molecule has 1 atom stereocenters. The summed E-state index contributed by atoms with van der Waals surface area (Å²) >= 11 is 5.80. The number of amidine groups is 1. The molecule has 1 aliphatic rings. The van der Waals surface area contributed by atoms with Crippen molar-refractivity contribution in [2.45, 2.75) is 25.1 Å². The number of rotatable bonds is 6. The Hall–Kier alpha value is -3.12. The minimum atomic E-state index is -4.24. The second-order valence-electron chi connectivity index (χ2n) is 7.51. The van der Waals surface area contributed by atoms with Crippen LogP contribution in [0.1, 0.15) is 18.4 Å². The number of nitrogens with zero attached hydrogens (tertiary/aromatic N) is 4. The molecule has 2 aromatic heterocycles. The Morgan fingerprint density at radius 1 is 1.33 bits per heavy atom. The van der Waals surface area contributed by atoms with Crippen LogP contribution in [0.3, 0.4) is 0 Å². The fourth-order valence-electron chi connectivity index (χ4n) is 3.83. The number of pyridine rings is 1. The standard InChI is InChI=1S/C20H20ClF4N7O/c21-13-10-11(3-4-14(13)22)28-17(31-33)12-5-6-26-18-16(12)29-19(30-18)27-7-9-32-8-1-2-15(32)20(23,24)25/h3-6,10,15,33H,1-2,7-9H2,(H,28,31)(H2,26,27,29,30)/t15-/m0/s1. The van der Waals surface area contributed by atoms with Gasteiger partial charge in [0, 0.05) is 30.5 Å². The van der Waals surface area contributed by atoms with Gasteiger partial charge in [0.05, 0.1) is 10.5 Å². The molecule has 0 bridgehead atoms. The number of halogens is 5. The first kappa shape index (κ1) is 23.1. The number of benzene rings is 1. The van der Waals surface area contributed by atoms with E-state index in [1.165, 1.54) is 29.3 Å². The number of imidazole rings is 1. The number of aromatic amines is 1. The van der Waals surface area contributed by atoms with E-state index >= 15 is 0 Å². The van der Waals surface area contributed by atoms with Crippen molar-refractivity contribution in [3.05, 3.63) is 46.9 Å². The van der Waals surface area contributed by atoms with E-state index in [1.54, 1.807) is 6.07 Å². The van der Waals surface area contributed by atoms with Gasteiger partial charge in [0.25, 0.3) is 0 Å². The number of hydrogen-bond donors (Lipinski definition) is 4. The van der Waals surface area contributed by atoms with Gasteiger partial charge in [0.2, 0.25) is 5.95 Å². The molecule has 4 rings (SSSR count). The maximum absolute atomic E-state index is 13.4. The molecule has 0 radical (unpaired) electrons. The number of oxime groups is 1. The largest absolute Gasteiger partial charge is 0.409 e. The molecule has 0 amide bonds. The zero-order valence-electron chi connectivity index (χ0n) is 17.1. The van der Waals surface area contributed by atoms with Crippen molar-refractivity contribution in [2.24, 2.45) is 5.16 Å². The summed E-state index contributed by atoms with van der Waals surface area (Å²) in [4.78, 5) is 12.9. The number of H-pyrrole nitrogens is 1. The highest BCUT2D eigenvalue weighted by Gasteiger charge is 2.45. The summed E-state index contributed by atoms with van der Waals surface area (Å²) in [5, 5.41) is 18.5. The molecular formula is C20H20ClF4N7O. The third-order valence-corrected chi connectivity index (χ3v) is 5.65. The van der Waals surface area contributed by atoms with Gasteiger partial charge in [-0.3, -0.25) is 4.90 Å². The van der Waals surface area contributed by atoms with Crippen LogP contribution in [0.15, 0.2) is 35.6 Å². The van der Waals surface area contributed by atoms with E-state index < -0.39 is 18.0 Å². The van der Waals surface area contributed by atoms with E-state index in [-0.39, 0.29) is 30.4 Å². The minimum absolute atomic E-state index is 0.0327. The Morgan fingerprint density at radius 2 is 2.15 bits per heavy atom. The summed E-state index contributed by atoms with van der Waals surface area (Å²) in [7, 11) is 0. The summed E-state index contributed by atoms with van der Waals surface area (Å²) < 4.78 is 52.7. The Kier molecular flexibility index (Phi) is 6.56. The van der Waals surface area contributed by atoms with Gasteiger partial charge in [-0.2, -0.15) is 18.2 Å². The molecule has 0 unspecified atom stereocenters. The summed E-state index contributed by atoms with van der Waals surface area (Å²) in [6.45, 7) is 0.847. The Labute approximate surface area is 190 Å². The van der Waals surface area contributed by atoms with Crippen LogP contribution < -0.4 is 10.6 Å². The zero-order valence-corrected chi connectivity index (χ0v) is 17.9. The highest BCUT2D eigenvalue weighted by Crippen LogP contribution is 2.32. The van der Waals surface area contributed by atoms with Crippen molar-refractivity contribution < 1.29 is 22.8 Å². The molecular weight excluding hydrogens is 466 g/mol. The van der Waals surface area contributed by atoms with Crippen LogP contribution in [0.2, 0.25) is 5.02 Å². The first-order chi connectivity index (χ1) is 15.8. The Morgan fingerprint density at radius 3 is 2.88 bits per heavy atom. The van der Waals surface area contributed by atoms with Crippen molar-refractivity contribution in [1.29, 1.82) is 0 Å². The van der Waals surface area contributed by atoms with Crippen LogP contribution in [0, 0.1) is 5.82 Å². The molecule has 33 heavy (non-hydrogen) atoms. The fourth-order valence-corrected chi connectivity index (χ4v) is 4.01. The number of fused-ring (bicyclic) bond motifs is 1. The van der Waals surface area contributed by atoms with E-state index in [1.807, 2.05) is 0 Å². The van der Waals surface area contributed by atoms with Crippen molar-refractivity contribution >= 4 is 40.2 Å². The fraction of sp³-hybridized carbons (Fsp3) is 0.350. The molecule has 3 heterocycles. The molecule has 13 heteroatoms. The number of likely N-dealkylation sites (tertiary alicyclic amines) is 1. The maximum Gasteiger partial charge on any atom is 0.404 e. The maximum atomic E-state index is 13.4. The lowest BCUT2D eigenvalue weighted by Crippen LogP contribution is -2.43. The van der Waals surface area contributed by atoms with Gasteiger partial charge in [0.15, 0.2) is 11.5 Å². The molecule has 1 aliphatic heterocycles. The molecule has 176 valence electrons. The number of aromatic nitrogens is 3. The van der Waals surface area contributed by atoms with Crippen LogP contribution in [-0.4, -0.2) is 62.7 Å². The molecule has 8 nitrogen and oxygen atoms in total. The van der Waals surface area contributed by atoms with E-state index in [0.29, 0.717) is 41.3 Å². The normalized spacial score (nSPS) is 17.6. The van der Waals surface area contributed by atoms with E-state index in [2.05, 4.69) is 30.7 Å². The number of alkyl halides is 3. The average Bonchev–Trinajstić information content (AvgIpc) is 3.41. The van der Waals surface area contributed by atoms with Gasteiger partial charge >= 0.3 is 6.18 Å². The molecule has 0 spiro atoms. The summed E-state index contributed by atoms with van der Waals surface area (Å²) in [5.74, 6) is -0.240. The van der Waals surface area contributed by atoms with Crippen molar-refractivity contribution in [2.75, 3.05) is 30.3 Å². The number of nitrogens with one attached hydrogen (secondary N) is 3. The summed E-state index contributed by atoms with van der Waals surface area (Å²) in [5.41, 5.74) is 1.55. The van der Waals surface area contributed by atoms with Crippen molar-refractivity contribution in [3.8, 4) is 0 Å². The third kappa shape index (κ3) is 5.11. The van der Waals surface area contributed by atoms with Gasteiger partial charge in [-0.15, -0.1) is 0 Å². The Bertz CT molecular complexity index is 1170. The topological polar surface area (TPSA) is 101 Å². The second kappa shape index (κ2) is 9.40. The SMILES string of the molecule is O/N=C(/Nc1ccc(F)c(Cl)c1)c1ccnc2nc(NCCN3CCC[C@H]3C(F)(F)F)[nH]c12. The zero-order chi connectivity index (χ0) is 23.6. The first-order valence-corrected chi connectivity index (χ1v) is 10.5. The molecule has 1 saturated heterocycles. The highest BCUT2D eigenvalue weighted by molar-refractivity contribution is 6.31. The van der Waals surface area contributed by atoms with Crippen LogP contribution in [0.5, 0.6) is 0 Å². The average molecular weight is 486 g/mol. The van der Waals surface area contributed by atoms with Gasteiger partial charge in [-0.05, 0) is 43.7 Å². The van der Waals surface area contributed by atoms with Crippen LogP contribution >= 0.6 is 11.6 Å². The number of hydrogen-bond acceptors (Lipinski definition) is 6. The third-order valence-electron chi connectivity index (χ3n) is 5.36. The number of anilines is 2. The van der Waals surface area contributed by atoms with E-state index in [4.69, 9.17) is 11.6 Å². The molecule has 1 aromatic carbocycles. The lowest BCUT2D eigenvalue weighted by atomic mass is 10.2. The quantitative estimate of drug-likeness (QED) is 0.135. The van der Waals surface area contributed by atoms with Gasteiger partial charge in [-0.25, -0.2) is 9.37 Å². The second-order valence-corrected chi connectivity index (χ2v) is 7.91. The first-order valence-electron chi connectivity index (χ1n) is 10.1. The monoisotopic (exact) mass is 485 g/mol. The molecule has 1 fully saturated rings. The summed E-state index contributed by atoms with van der Waals surface area (Å²) in [6.07, 6.45) is -2.16. The molecule has 0 saturated carbocycles. The lowest BCUT2D eigenvalue weighted by Gasteiger charge is -2.26. The van der Waals surface area contributed by atoms with Gasteiger partial charge in [-0.1, -0.05) is 16.8 Å². The van der Waals surface area contributed by atoms with E-state index in [0.717, 1.165) is 0 Å². The predicted octanol–water partition coefficient (Wildman–Crippen LogP) is 4.44. The van der Waals surface area contributed by atoms with Gasteiger partial charge in [0.1, 0.15) is 11.9 Å². The minimum Gasteiger partial charge on any atom is -0.409 e. The molecule has 0 aliphatic carbocycles. The van der Waals surface area contributed by atoms with E-state index in [9.17, 15) is 22.8 Å². The molecule has 4 N–H and O–H groups in total. The smallest absolute Gasteiger partial charge is 0.404 e. The summed E-state index contributed by atoms with van der Waals surface area (Å²) in [6, 6.07) is 4.10. The van der Waals surface area contributed by atoms with Crippen LogP contribution in [0.25, 0.3) is 11.2 Å². The van der Waals surface area contributed by atoms with Crippen LogP contribution in [-0.2, 0) is 0 Å².